The molecular formula is C28H55NO5. The van der Waals surface area contributed by atoms with E-state index in [-0.39, 0.29) is 53.6 Å². The van der Waals surface area contributed by atoms with E-state index in [0.717, 1.165) is 38.5 Å². The second kappa shape index (κ2) is 14.4. The van der Waals surface area contributed by atoms with Gasteiger partial charge in [0, 0.05) is 12.8 Å². The smallest absolute Gasteiger partial charge is 0.305 e. The van der Waals surface area contributed by atoms with Crippen molar-refractivity contribution >= 4 is 11.9 Å². The Bertz CT molecular complexity index is 610. The van der Waals surface area contributed by atoms with Gasteiger partial charge in [-0.1, -0.05) is 54.4 Å². The lowest BCUT2D eigenvalue weighted by atomic mass is 9.82. The topological polar surface area (TPSA) is 87.9 Å². The molecule has 6 nitrogen and oxygen atoms in total. The third kappa shape index (κ3) is 16.5. The molecule has 0 fully saturated rings. The Hall–Kier alpha value is -1.14. The molecule has 34 heavy (non-hydrogen) atoms. The minimum atomic E-state index is -0.410. The van der Waals surface area contributed by atoms with Crippen LogP contribution in [0.4, 0.5) is 0 Å². The van der Waals surface area contributed by atoms with Gasteiger partial charge in [-0.05, 0) is 70.6 Å². The molecule has 0 aliphatic rings. The highest BCUT2D eigenvalue weighted by Gasteiger charge is 2.30. The Morgan fingerprint density at radius 2 is 1.24 bits per heavy atom. The highest BCUT2D eigenvalue weighted by molar-refractivity contribution is 5.75. The van der Waals surface area contributed by atoms with Crippen LogP contribution in [0.1, 0.15) is 127 Å². The summed E-state index contributed by atoms with van der Waals surface area (Å²) >= 11 is 0. The quantitative estimate of drug-likeness (QED) is 0.209. The molecule has 0 spiro atoms. The van der Waals surface area contributed by atoms with Crippen LogP contribution in [0.15, 0.2) is 0 Å². The number of primary amides is 1. The molecule has 2 N–H and O–H groups in total. The number of carbonyl (C=O) groups excluding carboxylic acids is 2. The molecule has 0 radical (unpaired) electrons. The number of rotatable bonds is 19. The zero-order chi connectivity index (χ0) is 26.6. The summed E-state index contributed by atoms with van der Waals surface area (Å²) in [6.45, 7) is 22.4. The first-order valence-corrected chi connectivity index (χ1v) is 13.2. The first-order chi connectivity index (χ1) is 15.4. The van der Waals surface area contributed by atoms with Crippen molar-refractivity contribution in [3.8, 4) is 0 Å². The third-order valence-corrected chi connectivity index (χ3v) is 7.10. The maximum atomic E-state index is 12.2. The van der Waals surface area contributed by atoms with Crippen LogP contribution in [0.5, 0.6) is 0 Å². The van der Waals surface area contributed by atoms with Crippen LogP contribution >= 0.6 is 0 Å². The molecule has 202 valence electrons. The van der Waals surface area contributed by atoms with Crippen molar-refractivity contribution in [2.45, 2.75) is 144 Å². The predicted octanol–water partition coefficient (Wildman–Crippen LogP) is 6.58. The molecule has 0 rings (SSSR count). The van der Waals surface area contributed by atoms with Gasteiger partial charge >= 0.3 is 5.97 Å². The Morgan fingerprint density at radius 1 is 0.735 bits per heavy atom. The van der Waals surface area contributed by atoms with Crippen molar-refractivity contribution in [3.05, 3.63) is 0 Å². The largest absolute Gasteiger partial charge is 0.463 e. The van der Waals surface area contributed by atoms with Crippen molar-refractivity contribution in [2.24, 2.45) is 16.6 Å². The Labute approximate surface area is 210 Å². The molecule has 0 saturated carbocycles. The first kappa shape index (κ1) is 32.9. The van der Waals surface area contributed by atoms with Crippen LogP contribution in [0.3, 0.4) is 0 Å². The number of hydrogen-bond donors (Lipinski definition) is 1. The van der Waals surface area contributed by atoms with Crippen molar-refractivity contribution in [1.82, 2.24) is 0 Å². The maximum Gasteiger partial charge on any atom is 0.305 e. The molecule has 0 saturated heterocycles. The second-order valence-corrected chi connectivity index (χ2v) is 12.6. The first-order valence-electron chi connectivity index (χ1n) is 13.2. The monoisotopic (exact) mass is 485 g/mol. The van der Waals surface area contributed by atoms with E-state index in [1.807, 2.05) is 0 Å². The minimum Gasteiger partial charge on any atom is -0.463 e. The predicted molar refractivity (Wildman–Crippen MR) is 140 cm³/mol. The van der Waals surface area contributed by atoms with Crippen molar-refractivity contribution in [1.29, 1.82) is 0 Å². The highest BCUT2D eigenvalue weighted by Crippen LogP contribution is 2.33. The molecule has 1 unspecified atom stereocenters. The maximum absolute atomic E-state index is 12.2. The summed E-state index contributed by atoms with van der Waals surface area (Å²) in [4.78, 5) is 23.1. The van der Waals surface area contributed by atoms with E-state index in [1.54, 1.807) is 0 Å². The fourth-order valence-corrected chi connectivity index (χ4v) is 3.31. The van der Waals surface area contributed by atoms with Crippen molar-refractivity contribution < 1.29 is 23.8 Å². The number of amides is 1. The lowest BCUT2D eigenvalue weighted by molar-refractivity contribution is -0.168. The van der Waals surface area contributed by atoms with Gasteiger partial charge in [0.05, 0.1) is 17.8 Å². The van der Waals surface area contributed by atoms with E-state index in [9.17, 15) is 9.59 Å². The average Bonchev–Trinajstić information content (AvgIpc) is 2.73. The lowest BCUT2D eigenvalue weighted by Crippen LogP contribution is -2.40. The van der Waals surface area contributed by atoms with Gasteiger partial charge in [-0.3, -0.25) is 9.59 Å². The van der Waals surface area contributed by atoms with Gasteiger partial charge in [-0.15, -0.1) is 0 Å². The number of nitrogens with two attached hydrogens (primary N) is 1. The second-order valence-electron chi connectivity index (χ2n) is 12.6. The molecule has 0 aliphatic carbocycles. The van der Waals surface area contributed by atoms with Gasteiger partial charge in [0.15, 0.2) is 0 Å². The number of carbonyl (C=O) groups is 2. The lowest BCUT2D eigenvalue weighted by Gasteiger charge is -2.36. The molecular weight excluding hydrogens is 430 g/mol. The van der Waals surface area contributed by atoms with Crippen molar-refractivity contribution in [3.63, 3.8) is 0 Å². The Balaban J connectivity index is 5.07. The zero-order valence-corrected chi connectivity index (χ0v) is 24.0. The standard InChI is InChI=1S/C28H55NO5/c1-11-25(3,4)16-18-27(7,8)33-21-22(20-32-24(31)15-13-14-23(29)30)34-28(9,10)19-17-26(5,6)12-2/h22H,11-21H2,1-10H3,(H2,29,30). The van der Waals surface area contributed by atoms with E-state index in [1.165, 1.54) is 0 Å². The molecule has 0 aromatic heterocycles. The van der Waals surface area contributed by atoms with E-state index in [2.05, 4.69) is 69.2 Å². The summed E-state index contributed by atoms with van der Waals surface area (Å²) in [5.41, 5.74) is 5.03. The SMILES string of the molecule is CCC(C)(C)CCC(C)(C)OCC(COC(=O)CCCC(N)=O)OC(C)(C)CCC(C)(C)CC. The van der Waals surface area contributed by atoms with Gasteiger partial charge < -0.3 is 19.9 Å². The minimum absolute atomic E-state index is 0.131. The molecule has 0 bridgehead atoms. The van der Waals surface area contributed by atoms with E-state index in [0.29, 0.717) is 13.0 Å². The molecule has 0 aromatic carbocycles. The van der Waals surface area contributed by atoms with E-state index in [4.69, 9.17) is 19.9 Å². The van der Waals surface area contributed by atoms with Crippen molar-refractivity contribution in [2.75, 3.05) is 13.2 Å². The Kier molecular flexibility index (Phi) is 13.9. The van der Waals surface area contributed by atoms with Crippen LogP contribution < -0.4 is 5.73 Å². The average molecular weight is 486 g/mol. The van der Waals surface area contributed by atoms with Gasteiger partial charge in [0.2, 0.25) is 5.91 Å². The van der Waals surface area contributed by atoms with E-state index < -0.39 is 5.91 Å². The number of esters is 1. The van der Waals surface area contributed by atoms with Crippen LogP contribution in [-0.2, 0) is 23.8 Å². The Morgan fingerprint density at radius 3 is 1.71 bits per heavy atom. The van der Waals surface area contributed by atoms with Crippen LogP contribution in [0.25, 0.3) is 0 Å². The van der Waals surface area contributed by atoms with Gasteiger partial charge in [0.1, 0.15) is 12.7 Å². The molecule has 0 aromatic rings. The highest BCUT2D eigenvalue weighted by atomic mass is 16.6. The normalized spacial score (nSPS) is 14.2. The van der Waals surface area contributed by atoms with Crippen LogP contribution in [-0.4, -0.2) is 42.4 Å². The number of ether oxygens (including phenoxy) is 3. The van der Waals surface area contributed by atoms with Crippen LogP contribution in [0, 0.1) is 10.8 Å². The van der Waals surface area contributed by atoms with Crippen LogP contribution in [0.2, 0.25) is 0 Å². The zero-order valence-electron chi connectivity index (χ0n) is 24.0. The van der Waals surface area contributed by atoms with Gasteiger partial charge in [0.25, 0.3) is 0 Å². The summed E-state index contributed by atoms with van der Waals surface area (Å²) in [5.74, 6) is -0.753. The fourth-order valence-electron chi connectivity index (χ4n) is 3.31. The van der Waals surface area contributed by atoms with E-state index >= 15 is 0 Å². The summed E-state index contributed by atoms with van der Waals surface area (Å²) in [7, 11) is 0. The summed E-state index contributed by atoms with van der Waals surface area (Å²) in [6.07, 6.45) is 6.61. The summed E-state index contributed by atoms with van der Waals surface area (Å²) in [5, 5.41) is 0. The molecule has 1 amide bonds. The summed E-state index contributed by atoms with van der Waals surface area (Å²) < 4.78 is 18.3. The molecule has 0 heterocycles. The molecule has 1 atom stereocenters. The van der Waals surface area contributed by atoms with Gasteiger partial charge in [-0.25, -0.2) is 0 Å². The molecule has 6 heteroatoms. The summed E-state index contributed by atoms with van der Waals surface area (Å²) in [6, 6.07) is 0. The van der Waals surface area contributed by atoms with Gasteiger partial charge in [-0.2, -0.15) is 0 Å². The third-order valence-electron chi connectivity index (χ3n) is 7.10. The fraction of sp³-hybridized carbons (Fsp3) is 0.929. The molecule has 0 aliphatic heterocycles. The number of hydrogen-bond acceptors (Lipinski definition) is 5.